The van der Waals surface area contributed by atoms with Crippen molar-refractivity contribution in [2.75, 3.05) is 19.8 Å². The maximum atomic E-state index is 6.17. The molecule has 1 N–H and O–H groups in total. The van der Waals surface area contributed by atoms with Gasteiger partial charge >= 0.3 is 0 Å². The molecule has 5 heteroatoms. The van der Waals surface area contributed by atoms with Crippen LogP contribution < -0.4 is 9.47 Å². The molecule has 0 saturated heterocycles. The molecule has 2 aromatic heterocycles. The predicted molar refractivity (Wildman–Crippen MR) is 119 cm³/mol. The number of rotatable bonds is 5. The minimum Gasteiger partial charge on any atom is -0.490 e. The first kappa shape index (κ1) is 18.3. The number of nitrogens with one attached hydrogen (secondary N) is 1. The summed E-state index contributed by atoms with van der Waals surface area (Å²) in [6.45, 7) is 5.91. The molecule has 0 bridgehead atoms. The third-order valence-corrected chi connectivity index (χ3v) is 6.29. The van der Waals surface area contributed by atoms with E-state index in [0.29, 0.717) is 13.2 Å². The first-order valence-corrected chi connectivity index (χ1v) is 10.9. The van der Waals surface area contributed by atoms with Gasteiger partial charge in [-0.2, -0.15) is 0 Å². The molecule has 148 valence electrons. The van der Waals surface area contributed by atoms with Gasteiger partial charge in [-0.05, 0) is 48.2 Å². The van der Waals surface area contributed by atoms with Crippen LogP contribution in [0.2, 0.25) is 0 Å². The normalized spacial score (nSPS) is 14.4. The van der Waals surface area contributed by atoms with E-state index in [9.17, 15) is 0 Å². The Morgan fingerprint density at radius 1 is 1.17 bits per heavy atom. The van der Waals surface area contributed by atoms with Gasteiger partial charge in [0.05, 0.1) is 6.61 Å². The van der Waals surface area contributed by atoms with E-state index in [2.05, 4.69) is 57.7 Å². The number of ether oxygens (including phenoxy) is 2. The molecule has 5 rings (SSSR count). The Bertz CT molecular complexity index is 1120. The summed E-state index contributed by atoms with van der Waals surface area (Å²) in [6, 6.07) is 17.2. The molecule has 3 heterocycles. The highest BCUT2D eigenvalue weighted by Gasteiger charge is 2.22. The van der Waals surface area contributed by atoms with Crippen LogP contribution in [-0.2, 0) is 13.1 Å². The van der Waals surface area contributed by atoms with E-state index in [4.69, 9.17) is 9.47 Å². The van der Waals surface area contributed by atoms with Crippen LogP contribution in [0.5, 0.6) is 11.5 Å². The number of fused-ring (bicyclic) bond motifs is 2. The zero-order valence-electron chi connectivity index (χ0n) is 16.5. The number of nitrogens with zero attached hydrogens (tertiary/aromatic N) is 1. The average molecular weight is 405 g/mol. The molecule has 0 unspecified atom stereocenters. The number of hydrogen-bond acceptors (Lipinski definition) is 4. The molecule has 1 aliphatic rings. The summed E-state index contributed by atoms with van der Waals surface area (Å²) in [5.74, 6) is 1.74. The van der Waals surface area contributed by atoms with Gasteiger partial charge in [-0.3, -0.25) is 4.90 Å². The molecule has 4 nitrogen and oxygen atoms in total. The number of thiophene rings is 1. The largest absolute Gasteiger partial charge is 0.490 e. The first-order chi connectivity index (χ1) is 14.3. The molecule has 1 aliphatic heterocycles. The highest BCUT2D eigenvalue weighted by molar-refractivity contribution is 7.17. The van der Waals surface area contributed by atoms with Gasteiger partial charge in [0.1, 0.15) is 6.61 Å². The summed E-state index contributed by atoms with van der Waals surface area (Å²) >= 11 is 1.79. The van der Waals surface area contributed by atoms with Crippen LogP contribution in [0.3, 0.4) is 0 Å². The Balaban J connectivity index is 1.56. The molecule has 4 aromatic rings. The quantitative estimate of drug-likeness (QED) is 0.464. The molecule has 0 radical (unpaired) electrons. The number of aromatic nitrogens is 1. The molecule has 0 amide bonds. The minimum absolute atomic E-state index is 0.621. The van der Waals surface area contributed by atoms with E-state index in [0.717, 1.165) is 31.1 Å². The van der Waals surface area contributed by atoms with Crippen molar-refractivity contribution >= 4 is 21.4 Å². The van der Waals surface area contributed by atoms with Gasteiger partial charge in [-0.1, -0.05) is 18.2 Å². The second-order valence-corrected chi connectivity index (χ2v) is 8.21. The Labute approximate surface area is 174 Å². The molecule has 0 aliphatic carbocycles. The lowest BCUT2D eigenvalue weighted by Gasteiger charge is -2.19. The van der Waals surface area contributed by atoms with Crippen LogP contribution in [0.4, 0.5) is 0 Å². The molecule has 29 heavy (non-hydrogen) atoms. The van der Waals surface area contributed by atoms with E-state index in [-0.39, 0.29) is 0 Å². The summed E-state index contributed by atoms with van der Waals surface area (Å²) in [4.78, 5) is 5.73. The van der Waals surface area contributed by atoms with Crippen LogP contribution in [-0.4, -0.2) is 29.6 Å². The number of hydrogen-bond donors (Lipinski definition) is 1. The van der Waals surface area contributed by atoms with Crippen LogP contribution >= 0.6 is 11.3 Å². The van der Waals surface area contributed by atoms with Crippen molar-refractivity contribution in [3.05, 3.63) is 71.4 Å². The van der Waals surface area contributed by atoms with Crippen molar-refractivity contribution < 1.29 is 9.47 Å². The summed E-state index contributed by atoms with van der Waals surface area (Å²) in [5, 5.41) is 3.54. The Morgan fingerprint density at radius 2 is 2.10 bits per heavy atom. The van der Waals surface area contributed by atoms with Gasteiger partial charge in [0, 0.05) is 52.7 Å². The molecule has 0 saturated carbocycles. The van der Waals surface area contributed by atoms with Crippen LogP contribution in [0.15, 0.2) is 60.1 Å². The number of benzene rings is 2. The van der Waals surface area contributed by atoms with Crippen molar-refractivity contribution in [3.8, 4) is 22.6 Å². The zero-order chi connectivity index (χ0) is 19.6. The van der Waals surface area contributed by atoms with Crippen molar-refractivity contribution in [1.29, 1.82) is 0 Å². The van der Waals surface area contributed by atoms with Gasteiger partial charge in [0.25, 0.3) is 0 Å². The average Bonchev–Trinajstić information content (AvgIpc) is 3.34. The standard InChI is InChI=1S/C24H24N2O2S/c1-2-27-22-13-17(21-16-29-23-8-4-3-7-20(21)23)12-18-14-26(10-11-28-24(18)22)15-19-6-5-9-25-19/h3-9,12-13,16,25H,2,10-11,14-15H2,1H3. The minimum atomic E-state index is 0.621. The highest BCUT2D eigenvalue weighted by Crippen LogP contribution is 2.41. The smallest absolute Gasteiger partial charge is 0.165 e. The molecular weight excluding hydrogens is 380 g/mol. The summed E-state index contributed by atoms with van der Waals surface area (Å²) < 4.78 is 13.5. The van der Waals surface area contributed by atoms with Crippen molar-refractivity contribution in [1.82, 2.24) is 9.88 Å². The van der Waals surface area contributed by atoms with Gasteiger partial charge in [0.15, 0.2) is 11.5 Å². The summed E-state index contributed by atoms with van der Waals surface area (Å²) in [5.41, 5.74) is 4.85. The van der Waals surface area contributed by atoms with E-state index >= 15 is 0 Å². The lowest BCUT2D eigenvalue weighted by molar-refractivity contribution is 0.214. The lowest BCUT2D eigenvalue weighted by Crippen LogP contribution is -2.25. The predicted octanol–water partition coefficient (Wildman–Crippen LogP) is 5.69. The summed E-state index contributed by atoms with van der Waals surface area (Å²) in [7, 11) is 0. The number of aromatic amines is 1. The van der Waals surface area contributed by atoms with Crippen molar-refractivity contribution in [2.45, 2.75) is 20.0 Å². The molecule has 0 atom stereocenters. The third kappa shape index (κ3) is 3.63. The SMILES string of the molecule is CCOc1cc(-c2csc3ccccc23)cc2c1OCCN(Cc1ccc[nH]1)C2. The maximum Gasteiger partial charge on any atom is 0.165 e. The molecule has 0 fully saturated rings. The first-order valence-electron chi connectivity index (χ1n) is 10.1. The van der Waals surface area contributed by atoms with Gasteiger partial charge in [-0.25, -0.2) is 0 Å². The fourth-order valence-corrected chi connectivity index (χ4v) is 4.97. The topological polar surface area (TPSA) is 37.5 Å². The monoisotopic (exact) mass is 404 g/mol. The zero-order valence-corrected chi connectivity index (χ0v) is 17.3. The van der Waals surface area contributed by atoms with Crippen LogP contribution in [0.25, 0.3) is 21.2 Å². The molecule has 2 aromatic carbocycles. The third-order valence-electron chi connectivity index (χ3n) is 5.33. The van der Waals surface area contributed by atoms with E-state index in [1.807, 2.05) is 19.2 Å². The second kappa shape index (κ2) is 7.93. The Kier molecular flexibility index (Phi) is 5.00. The lowest BCUT2D eigenvalue weighted by atomic mass is 10.0. The summed E-state index contributed by atoms with van der Waals surface area (Å²) in [6.07, 6.45) is 1.98. The van der Waals surface area contributed by atoms with Crippen LogP contribution in [0.1, 0.15) is 18.2 Å². The fraction of sp³-hybridized carbons (Fsp3) is 0.250. The number of H-pyrrole nitrogens is 1. The second-order valence-electron chi connectivity index (χ2n) is 7.30. The van der Waals surface area contributed by atoms with Gasteiger partial charge in [0.2, 0.25) is 0 Å². The van der Waals surface area contributed by atoms with Crippen molar-refractivity contribution in [2.24, 2.45) is 0 Å². The van der Waals surface area contributed by atoms with Crippen molar-refractivity contribution in [3.63, 3.8) is 0 Å². The Morgan fingerprint density at radius 3 is 2.97 bits per heavy atom. The van der Waals surface area contributed by atoms with E-state index in [1.165, 1.54) is 32.5 Å². The maximum absolute atomic E-state index is 6.17. The highest BCUT2D eigenvalue weighted by atomic mass is 32.1. The Hall–Kier alpha value is -2.76. The van der Waals surface area contributed by atoms with E-state index in [1.54, 1.807) is 11.3 Å². The molecular formula is C24H24N2O2S. The van der Waals surface area contributed by atoms with Gasteiger partial charge in [-0.15, -0.1) is 11.3 Å². The van der Waals surface area contributed by atoms with Gasteiger partial charge < -0.3 is 14.5 Å². The molecule has 0 spiro atoms. The van der Waals surface area contributed by atoms with E-state index < -0.39 is 0 Å². The fourth-order valence-electron chi connectivity index (χ4n) is 4.00. The van der Waals surface area contributed by atoms with Crippen LogP contribution in [0, 0.1) is 0 Å².